The molecule has 1 aromatic heterocycles. The van der Waals surface area contributed by atoms with E-state index in [0.717, 1.165) is 37.4 Å². The largest absolute Gasteiger partial charge is 0.300 e. The first-order valence-corrected chi connectivity index (χ1v) is 8.41. The highest BCUT2D eigenvalue weighted by atomic mass is 35.5. The van der Waals surface area contributed by atoms with Crippen molar-refractivity contribution in [2.24, 2.45) is 0 Å². The molecule has 1 atom stereocenters. The zero-order valence-electron chi connectivity index (χ0n) is 11.6. The van der Waals surface area contributed by atoms with E-state index in [0.29, 0.717) is 10.8 Å². The number of aryl methyl sites for hydroxylation is 1. The summed E-state index contributed by atoms with van der Waals surface area (Å²) in [5.74, 6) is 0.447. The lowest BCUT2D eigenvalue weighted by Gasteiger charge is -2.11. The number of hydrogen-bond acceptors (Lipinski definition) is 3. The Bertz CT molecular complexity index is 420. The summed E-state index contributed by atoms with van der Waals surface area (Å²) in [7, 11) is 1.19. The molecule has 0 bridgehead atoms. The molecule has 2 rings (SSSR count). The van der Waals surface area contributed by atoms with Crippen molar-refractivity contribution in [3.8, 4) is 0 Å². The number of hydrogen-bond donors (Lipinski definition) is 0. The highest BCUT2D eigenvalue weighted by Crippen LogP contribution is 2.25. The van der Waals surface area contributed by atoms with Gasteiger partial charge in [0.05, 0.1) is 22.2 Å². The van der Waals surface area contributed by atoms with Gasteiger partial charge in [0, 0.05) is 36.7 Å². The highest BCUT2D eigenvalue weighted by Gasteiger charge is 2.20. The van der Waals surface area contributed by atoms with Gasteiger partial charge in [-0.15, -0.1) is 0 Å². The van der Waals surface area contributed by atoms with Crippen LogP contribution in [-0.4, -0.2) is 38.7 Å². The first kappa shape index (κ1) is 15.7. The van der Waals surface area contributed by atoms with Crippen LogP contribution in [0.3, 0.4) is 0 Å². The van der Waals surface area contributed by atoms with Gasteiger partial charge in [-0.3, -0.25) is 8.89 Å². The van der Waals surface area contributed by atoms with E-state index in [1.165, 1.54) is 0 Å². The molecule has 1 aliphatic heterocycles. The van der Waals surface area contributed by atoms with Crippen LogP contribution in [0.15, 0.2) is 0 Å². The second-order valence-electron chi connectivity index (χ2n) is 4.24. The van der Waals surface area contributed by atoms with E-state index < -0.39 is 10.8 Å². The van der Waals surface area contributed by atoms with Crippen molar-refractivity contribution in [3.05, 3.63) is 16.4 Å². The van der Waals surface area contributed by atoms with Crippen LogP contribution in [0.5, 0.6) is 0 Å². The average molecular weight is 292 g/mol. The van der Waals surface area contributed by atoms with E-state index in [1.54, 1.807) is 6.26 Å². The van der Waals surface area contributed by atoms with Gasteiger partial charge >= 0.3 is 0 Å². The molecular weight excluding hydrogens is 270 g/mol. The Morgan fingerprint density at radius 3 is 2.67 bits per heavy atom. The van der Waals surface area contributed by atoms with Crippen molar-refractivity contribution in [2.75, 3.05) is 19.8 Å². The van der Waals surface area contributed by atoms with Crippen molar-refractivity contribution in [1.82, 2.24) is 14.7 Å². The minimum absolute atomic E-state index is 0.447. The number of nitrogens with zero attached hydrogens (tertiary/aromatic N) is 3. The number of halogens is 1. The Morgan fingerprint density at radius 2 is 2.06 bits per heavy atom. The summed E-state index contributed by atoms with van der Waals surface area (Å²) < 4.78 is 13.2. The Balaban J connectivity index is 0.000000771. The average Bonchev–Trinajstić information content (AvgIpc) is 2.52. The van der Waals surface area contributed by atoms with Crippen LogP contribution in [0, 0.1) is 0 Å². The van der Waals surface area contributed by atoms with E-state index in [9.17, 15) is 4.21 Å². The fourth-order valence-electron chi connectivity index (χ4n) is 1.98. The Morgan fingerprint density at radius 1 is 1.39 bits per heavy atom. The standard InChI is InChI=1S/C10H16ClN3OS.C2H6/c1-13-4-3-5-14-9(6-13)10(11)8(12-14)7-16(2)15;1-2/h3-7H2,1-2H3;1-2H3. The third-order valence-electron chi connectivity index (χ3n) is 2.73. The quantitative estimate of drug-likeness (QED) is 0.839. The highest BCUT2D eigenvalue weighted by molar-refractivity contribution is 7.83. The van der Waals surface area contributed by atoms with E-state index in [2.05, 4.69) is 17.0 Å². The lowest BCUT2D eigenvalue weighted by atomic mass is 10.3. The first-order valence-electron chi connectivity index (χ1n) is 6.30. The van der Waals surface area contributed by atoms with E-state index in [1.807, 2.05) is 18.5 Å². The van der Waals surface area contributed by atoms with Gasteiger partial charge in [0.25, 0.3) is 0 Å². The first-order chi connectivity index (χ1) is 8.58. The number of fused-ring (bicyclic) bond motifs is 1. The molecule has 0 spiro atoms. The molecule has 0 saturated heterocycles. The van der Waals surface area contributed by atoms with Crippen molar-refractivity contribution in [3.63, 3.8) is 0 Å². The second kappa shape index (κ2) is 7.26. The maximum absolute atomic E-state index is 11.2. The van der Waals surface area contributed by atoms with Crippen molar-refractivity contribution in [2.45, 2.75) is 39.1 Å². The third kappa shape index (κ3) is 3.80. The molecular formula is C12H22ClN3OS. The molecule has 6 heteroatoms. The molecule has 0 aliphatic carbocycles. The van der Waals surface area contributed by atoms with Crippen molar-refractivity contribution in [1.29, 1.82) is 0 Å². The van der Waals surface area contributed by atoms with Crippen LogP contribution in [-0.2, 0) is 29.6 Å². The molecule has 18 heavy (non-hydrogen) atoms. The van der Waals surface area contributed by atoms with E-state index in [-0.39, 0.29) is 0 Å². The SMILES string of the molecule is CC.CN1CCCn2nc(CS(C)=O)c(Cl)c2C1. The summed E-state index contributed by atoms with van der Waals surface area (Å²) in [6.45, 7) is 6.78. The molecule has 4 nitrogen and oxygen atoms in total. The summed E-state index contributed by atoms with van der Waals surface area (Å²) in [6.07, 6.45) is 2.75. The lowest BCUT2D eigenvalue weighted by Crippen LogP contribution is -2.17. The number of aromatic nitrogens is 2. The maximum atomic E-state index is 11.2. The molecule has 104 valence electrons. The van der Waals surface area contributed by atoms with Gasteiger partial charge in [-0.05, 0) is 13.5 Å². The van der Waals surface area contributed by atoms with Gasteiger partial charge in [-0.25, -0.2) is 0 Å². The Labute approximate surface area is 117 Å². The van der Waals surface area contributed by atoms with Crippen LogP contribution < -0.4 is 0 Å². The molecule has 0 amide bonds. The molecule has 0 saturated carbocycles. The summed E-state index contributed by atoms with van der Waals surface area (Å²) in [5.41, 5.74) is 1.83. The van der Waals surface area contributed by atoms with Crippen LogP contribution in [0.1, 0.15) is 31.7 Å². The van der Waals surface area contributed by atoms with Gasteiger partial charge in [0.15, 0.2) is 0 Å². The Kier molecular flexibility index (Phi) is 6.32. The summed E-state index contributed by atoms with van der Waals surface area (Å²) in [6, 6.07) is 0. The second-order valence-corrected chi connectivity index (χ2v) is 6.05. The van der Waals surface area contributed by atoms with E-state index in [4.69, 9.17) is 11.6 Å². The molecule has 1 aliphatic rings. The molecule has 0 aromatic carbocycles. The monoisotopic (exact) mass is 291 g/mol. The molecule has 1 aromatic rings. The molecule has 0 radical (unpaired) electrons. The minimum atomic E-state index is -0.892. The van der Waals surface area contributed by atoms with Gasteiger partial charge in [-0.2, -0.15) is 5.10 Å². The summed E-state index contributed by atoms with van der Waals surface area (Å²) in [4.78, 5) is 2.24. The van der Waals surface area contributed by atoms with Gasteiger partial charge in [0.2, 0.25) is 0 Å². The molecule has 1 unspecified atom stereocenters. The predicted octanol–water partition coefficient (Wildman–Crippen LogP) is 2.28. The zero-order valence-corrected chi connectivity index (χ0v) is 13.1. The molecule has 2 heterocycles. The number of rotatable bonds is 2. The summed E-state index contributed by atoms with van der Waals surface area (Å²) in [5, 5.41) is 5.15. The van der Waals surface area contributed by atoms with E-state index >= 15 is 0 Å². The minimum Gasteiger partial charge on any atom is -0.300 e. The zero-order chi connectivity index (χ0) is 13.7. The Hall–Kier alpha value is -0.390. The maximum Gasteiger partial charge on any atom is 0.0938 e. The molecule has 0 fully saturated rings. The van der Waals surface area contributed by atoms with Crippen molar-refractivity contribution >= 4 is 22.4 Å². The third-order valence-corrected chi connectivity index (χ3v) is 3.85. The fraction of sp³-hybridized carbons (Fsp3) is 0.750. The molecule has 0 N–H and O–H groups in total. The van der Waals surface area contributed by atoms with Crippen LogP contribution >= 0.6 is 11.6 Å². The normalized spacial score (nSPS) is 17.4. The topological polar surface area (TPSA) is 38.1 Å². The van der Waals surface area contributed by atoms with Gasteiger partial charge in [0.1, 0.15) is 0 Å². The smallest absolute Gasteiger partial charge is 0.0938 e. The van der Waals surface area contributed by atoms with Crippen LogP contribution in [0.2, 0.25) is 5.02 Å². The van der Waals surface area contributed by atoms with Crippen LogP contribution in [0.25, 0.3) is 0 Å². The fourth-order valence-corrected chi connectivity index (χ4v) is 2.90. The van der Waals surface area contributed by atoms with Gasteiger partial charge < -0.3 is 4.90 Å². The van der Waals surface area contributed by atoms with Crippen LogP contribution in [0.4, 0.5) is 0 Å². The van der Waals surface area contributed by atoms with Gasteiger partial charge in [-0.1, -0.05) is 25.4 Å². The van der Waals surface area contributed by atoms with Crippen molar-refractivity contribution < 1.29 is 4.21 Å². The predicted molar refractivity (Wildman–Crippen MR) is 77.3 cm³/mol. The lowest BCUT2D eigenvalue weighted by molar-refractivity contribution is 0.332. The summed E-state index contributed by atoms with van der Waals surface area (Å²) >= 11 is 6.28.